The van der Waals surface area contributed by atoms with E-state index in [0.717, 1.165) is 25.6 Å². The molecule has 0 atom stereocenters. The first kappa shape index (κ1) is 11.6. The van der Waals surface area contributed by atoms with Crippen LogP contribution in [0.4, 0.5) is 0 Å². The Bertz CT molecular complexity index is 295. The van der Waals surface area contributed by atoms with E-state index in [0.29, 0.717) is 0 Å². The van der Waals surface area contributed by atoms with Crippen molar-refractivity contribution in [2.75, 3.05) is 26.7 Å². The summed E-state index contributed by atoms with van der Waals surface area (Å²) in [5, 5.41) is 3.44. The van der Waals surface area contributed by atoms with E-state index < -0.39 is 0 Å². The third kappa shape index (κ3) is 4.29. The van der Waals surface area contributed by atoms with Crippen LogP contribution in [0.15, 0.2) is 24.5 Å². The van der Waals surface area contributed by atoms with Gasteiger partial charge in [0.05, 0.1) is 0 Å². The number of nitrogens with one attached hydrogen (secondary N) is 1. The summed E-state index contributed by atoms with van der Waals surface area (Å²) in [6.45, 7) is 4.38. The maximum atomic E-state index is 4.10. The molecular weight excluding hydrogens is 198 g/mol. The average molecular weight is 219 g/mol. The molecule has 1 fully saturated rings. The molecule has 0 saturated heterocycles. The Kier molecular flexibility index (Phi) is 4.31. The minimum Gasteiger partial charge on any atom is -0.311 e. The molecular formula is C13H21N3. The zero-order valence-electron chi connectivity index (χ0n) is 10.0. The van der Waals surface area contributed by atoms with Crippen LogP contribution in [0.25, 0.3) is 0 Å². The molecule has 88 valence electrons. The fourth-order valence-corrected chi connectivity index (χ4v) is 1.84. The highest BCUT2D eigenvalue weighted by atomic mass is 15.1. The quantitative estimate of drug-likeness (QED) is 0.705. The Hall–Kier alpha value is -0.930. The van der Waals surface area contributed by atoms with E-state index >= 15 is 0 Å². The zero-order valence-corrected chi connectivity index (χ0v) is 10.0. The normalized spacial score (nSPS) is 15.6. The van der Waals surface area contributed by atoms with Crippen LogP contribution in [0.2, 0.25) is 0 Å². The number of aromatic nitrogens is 1. The highest BCUT2D eigenvalue weighted by Crippen LogP contribution is 2.29. The molecule has 0 radical (unpaired) electrons. The van der Waals surface area contributed by atoms with Gasteiger partial charge in [-0.15, -0.1) is 0 Å². The van der Waals surface area contributed by atoms with Crippen LogP contribution in [0, 0.1) is 5.92 Å². The van der Waals surface area contributed by atoms with Gasteiger partial charge in [0.2, 0.25) is 0 Å². The van der Waals surface area contributed by atoms with Gasteiger partial charge in [-0.3, -0.25) is 4.98 Å². The van der Waals surface area contributed by atoms with Gasteiger partial charge in [-0.25, -0.2) is 0 Å². The van der Waals surface area contributed by atoms with Crippen LogP contribution >= 0.6 is 0 Å². The second-order valence-electron chi connectivity index (χ2n) is 4.74. The van der Waals surface area contributed by atoms with Crippen molar-refractivity contribution in [1.29, 1.82) is 0 Å². The molecule has 0 spiro atoms. The second-order valence-corrected chi connectivity index (χ2v) is 4.74. The standard InChI is InChI=1S/C13H21N3/c1-16(11-12-4-5-12)8-7-15-10-13-3-2-6-14-9-13/h2-3,6,9,12,15H,4-5,7-8,10-11H2,1H3. The Morgan fingerprint density at radius 1 is 1.50 bits per heavy atom. The van der Waals surface area contributed by atoms with Crippen molar-refractivity contribution in [3.05, 3.63) is 30.1 Å². The molecule has 16 heavy (non-hydrogen) atoms. The molecule has 0 aromatic carbocycles. The van der Waals surface area contributed by atoms with Crippen molar-refractivity contribution in [2.24, 2.45) is 5.92 Å². The Labute approximate surface area is 97.9 Å². The predicted molar refractivity (Wildman–Crippen MR) is 66.2 cm³/mol. The largest absolute Gasteiger partial charge is 0.311 e. The molecule has 1 N–H and O–H groups in total. The van der Waals surface area contributed by atoms with E-state index in [1.54, 1.807) is 0 Å². The Morgan fingerprint density at radius 3 is 3.06 bits per heavy atom. The van der Waals surface area contributed by atoms with Gasteiger partial charge in [-0.2, -0.15) is 0 Å². The first-order valence-electron chi connectivity index (χ1n) is 6.13. The average Bonchev–Trinajstić information content (AvgIpc) is 3.10. The highest BCUT2D eigenvalue weighted by Gasteiger charge is 2.22. The maximum absolute atomic E-state index is 4.10. The van der Waals surface area contributed by atoms with Crippen LogP contribution in [0.1, 0.15) is 18.4 Å². The van der Waals surface area contributed by atoms with Crippen LogP contribution in [-0.4, -0.2) is 36.6 Å². The first-order valence-corrected chi connectivity index (χ1v) is 6.13. The van der Waals surface area contributed by atoms with Gasteiger partial charge in [0, 0.05) is 38.6 Å². The van der Waals surface area contributed by atoms with Crippen molar-refractivity contribution in [3.8, 4) is 0 Å². The van der Waals surface area contributed by atoms with Gasteiger partial charge in [0.15, 0.2) is 0 Å². The second kappa shape index (κ2) is 5.97. The first-order chi connectivity index (χ1) is 7.84. The smallest absolute Gasteiger partial charge is 0.0312 e. The molecule has 0 unspecified atom stereocenters. The van der Waals surface area contributed by atoms with E-state index in [-0.39, 0.29) is 0 Å². The van der Waals surface area contributed by atoms with Crippen LogP contribution in [0.3, 0.4) is 0 Å². The minimum absolute atomic E-state index is 0.922. The summed E-state index contributed by atoms with van der Waals surface area (Å²) >= 11 is 0. The van der Waals surface area contributed by atoms with Gasteiger partial charge < -0.3 is 10.2 Å². The molecule has 0 amide bonds. The third-order valence-electron chi connectivity index (χ3n) is 2.99. The molecule has 0 bridgehead atoms. The van der Waals surface area contributed by atoms with Gasteiger partial charge >= 0.3 is 0 Å². The van der Waals surface area contributed by atoms with Gasteiger partial charge in [-0.1, -0.05) is 6.07 Å². The third-order valence-corrected chi connectivity index (χ3v) is 2.99. The molecule has 1 aliphatic carbocycles. The van der Waals surface area contributed by atoms with Crippen molar-refractivity contribution < 1.29 is 0 Å². The Balaban J connectivity index is 1.54. The van der Waals surface area contributed by atoms with E-state index in [1.807, 2.05) is 18.5 Å². The lowest BCUT2D eigenvalue weighted by Gasteiger charge is -2.16. The lowest BCUT2D eigenvalue weighted by Crippen LogP contribution is -2.30. The number of likely N-dealkylation sites (N-methyl/N-ethyl adjacent to an activating group) is 1. The monoisotopic (exact) mass is 219 g/mol. The molecule has 1 aromatic rings. The topological polar surface area (TPSA) is 28.2 Å². The molecule has 3 nitrogen and oxygen atoms in total. The maximum Gasteiger partial charge on any atom is 0.0312 e. The summed E-state index contributed by atoms with van der Waals surface area (Å²) < 4.78 is 0. The summed E-state index contributed by atoms with van der Waals surface area (Å²) in [7, 11) is 2.21. The minimum atomic E-state index is 0.922. The van der Waals surface area contributed by atoms with Crippen molar-refractivity contribution in [3.63, 3.8) is 0 Å². The van der Waals surface area contributed by atoms with E-state index in [2.05, 4.69) is 28.3 Å². The number of pyridine rings is 1. The summed E-state index contributed by atoms with van der Waals surface area (Å²) in [4.78, 5) is 6.52. The highest BCUT2D eigenvalue weighted by molar-refractivity contribution is 5.07. The molecule has 3 heteroatoms. The zero-order chi connectivity index (χ0) is 11.2. The van der Waals surface area contributed by atoms with Crippen LogP contribution in [-0.2, 0) is 6.54 Å². The molecule has 1 aromatic heterocycles. The van der Waals surface area contributed by atoms with Crippen LogP contribution < -0.4 is 5.32 Å². The van der Waals surface area contributed by atoms with Crippen LogP contribution in [0.5, 0.6) is 0 Å². The molecule has 1 saturated carbocycles. The lowest BCUT2D eigenvalue weighted by atomic mass is 10.3. The van der Waals surface area contributed by atoms with E-state index in [1.165, 1.54) is 24.9 Å². The van der Waals surface area contributed by atoms with Gasteiger partial charge in [0.25, 0.3) is 0 Å². The molecule has 1 heterocycles. The predicted octanol–water partition coefficient (Wildman–Crippen LogP) is 1.51. The lowest BCUT2D eigenvalue weighted by molar-refractivity contribution is 0.318. The summed E-state index contributed by atoms with van der Waals surface area (Å²) in [6, 6.07) is 4.09. The van der Waals surface area contributed by atoms with Crippen molar-refractivity contribution >= 4 is 0 Å². The fourth-order valence-electron chi connectivity index (χ4n) is 1.84. The Morgan fingerprint density at radius 2 is 2.38 bits per heavy atom. The molecule has 0 aliphatic heterocycles. The molecule has 1 aliphatic rings. The van der Waals surface area contributed by atoms with Gasteiger partial charge in [0.1, 0.15) is 0 Å². The summed E-state index contributed by atoms with van der Waals surface area (Å²) in [5.41, 5.74) is 1.26. The number of nitrogens with zero attached hydrogens (tertiary/aromatic N) is 2. The van der Waals surface area contributed by atoms with Gasteiger partial charge in [-0.05, 0) is 37.4 Å². The number of hydrogen-bond donors (Lipinski definition) is 1. The van der Waals surface area contributed by atoms with Crippen molar-refractivity contribution in [1.82, 2.24) is 15.2 Å². The SMILES string of the molecule is CN(CCNCc1cccnc1)CC1CC1. The van der Waals surface area contributed by atoms with Crippen molar-refractivity contribution in [2.45, 2.75) is 19.4 Å². The summed E-state index contributed by atoms with van der Waals surface area (Å²) in [5.74, 6) is 0.989. The molecule has 2 rings (SSSR count). The van der Waals surface area contributed by atoms with E-state index in [4.69, 9.17) is 0 Å². The summed E-state index contributed by atoms with van der Waals surface area (Å²) in [6.07, 6.45) is 6.61. The van der Waals surface area contributed by atoms with E-state index in [9.17, 15) is 0 Å². The number of hydrogen-bond acceptors (Lipinski definition) is 3. The number of rotatable bonds is 7. The fraction of sp³-hybridized carbons (Fsp3) is 0.615.